The fourth-order valence-electron chi connectivity index (χ4n) is 2.12. The Kier molecular flexibility index (Phi) is 6.11. The summed E-state index contributed by atoms with van der Waals surface area (Å²) in [5.41, 5.74) is 1.38. The summed E-state index contributed by atoms with van der Waals surface area (Å²) in [6.45, 7) is 2.23. The number of benzene rings is 1. The first-order chi connectivity index (χ1) is 9.31. The average molecular weight is 294 g/mol. The largest absolute Gasteiger partial charge is 0.361 e. The van der Waals surface area contributed by atoms with Crippen LogP contribution < -0.4 is 5.32 Å². The average Bonchev–Trinajstić information content (AvgIpc) is 2.86. The predicted molar refractivity (Wildman–Crippen MR) is 89.4 cm³/mol. The molecular formula is C15H22N2S2. The molecule has 1 aliphatic heterocycles. The molecule has 1 aromatic carbocycles. The van der Waals surface area contributed by atoms with E-state index in [4.69, 9.17) is 4.99 Å². The lowest BCUT2D eigenvalue weighted by Gasteiger charge is -2.15. The molecule has 0 spiro atoms. The highest BCUT2D eigenvalue weighted by Gasteiger charge is 2.20. The first-order valence-electron chi connectivity index (χ1n) is 6.81. The monoisotopic (exact) mass is 294 g/mol. The molecule has 2 unspecified atom stereocenters. The summed E-state index contributed by atoms with van der Waals surface area (Å²) < 4.78 is 0. The molecule has 104 valence electrons. The molecule has 0 saturated heterocycles. The van der Waals surface area contributed by atoms with Gasteiger partial charge >= 0.3 is 0 Å². The third-order valence-electron chi connectivity index (χ3n) is 3.21. The number of hydrogen-bond acceptors (Lipinski definition) is 4. The van der Waals surface area contributed by atoms with E-state index in [1.807, 2.05) is 23.5 Å². The third-order valence-corrected chi connectivity index (χ3v) is 5.00. The second-order valence-corrected chi connectivity index (χ2v) is 6.71. The van der Waals surface area contributed by atoms with E-state index in [0.29, 0.717) is 12.1 Å². The van der Waals surface area contributed by atoms with Crippen molar-refractivity contribution >= 4 is 28.7 Å². The van der Waals surface area contributed by atoms with Gasteiger partial charge in [0.15, 0.2) is 5.17 Å². The van der Waals surface area contributed by atoms with Crippen molar-refractivity contribution in [3.63, 3.8) is 0 Å². The molecule has 0 bridgehead atoms. The van der Waals surface area contributed by atoms with Crippen LogP contribution in [0.25, 0.3) is 0 Å². The first-order valence-corrected chi connectivity index (χ1v) is 9.19. The van der Waals surface area contributed by atoms with Crippen LogP contribution in [0.5, 0.6) is 0 Å². The van der Waals surface area contributed by atoms with Crippen molar-refractivity contribution in [2.45, 2.75) is 31.8 Å². The van der Waals surface area contributed by atoms with E-state index >= 15 is 0 Å². The second-order valence-electron chi connectivity index (χ2n) is 4.79. The van der Waals surface area contributed by atoms with Gasteiger partial charge in [0.2, 0.25) is 0 Å². The van der Waals surface area contributed by atoms with E-state index in [0.717, 1.165) is 29.5 Å². The number of nitrogens with one attached hydrogen (secondary N) is 1. The van der Waals surface area contributed by atoms with Gasteiger partial charge in [0.05, 0.1) is 6.04 Å². The minimum atomic E-state index is 0.432. The highest BCUT2D eigenvalue weighted by Crippen LogP contribution is 2.20. The van der Waals surface area contributed by atoms with E-state index in [2.05, 4.69) is 48.8 Å². The Labute approximate surface area is 124 Å². The SMILES string of the molecule is CCC(CSC)NC1=NC(Cc2ccccc2)CS1. The Balaban J connectivity index is 1.86. The molecule has 1 N–H and O–H groups in total. The number of aliphatic imine (C=N–C) groups is 1. The van der Waals surface area contributed by atoms with Crippen molar-refractivity contribution in [3.05, 3.63) is 35.9 Å². The lowest BCUT2D eigenvalue weighted by atomic mass is 10.1. The fraction of sp³-hybridized carbons (Fsp3) is 0.533. The highest BCUT2D eigenvalue weighted by atomic mass is 32.2. The summed E-state index contributed by atoms with van der Waals surface area (Å²) >= 11 is 3.76. The van der Waals surface area contributed by atoms with Gasteiger partial charge in [-0.05, 0) is 24.7 Å². The molecule has 19 heavy (non-hydrogen) atoms. The summed E-state index contributed by atoms with van der Waals surface area (Å²) in [6.07, 6.45) is 4.37. The maximum absolute atomic E-state index is 4.81. The van der Waals surface area contributed by atoms with Crippen LogP contribution in [0.4, 0.5) is 0 Å². The molecule has 1 aliphatic rings. The van der Waals surface area contributed by atoms with Gasteiger partial charge in [0, 0.05) is 17.5 Å². The molecule has 2 atom stereocenters. The lowest BCUT2D eigenvalue weighted by molar-refractivity contribution is 0.652. The van der Waals surface area contributed by atoms with Gasteiger partial charge < -0.3 is 5.32 Å². The van der Waals surface area contributed by atoms with Crippen LogP contribution in [0.3, 0.4) is 0 Å². The number of nitrogens with zero attached hydrogens (tertiary/aromatic N) is 1. The lowest BCUT2D eigenvalue weighted by Crippen LogP contribution is -2.33. The van der Waals surface area contributed by atoms with Gasteiger partial charge in [-0.1, -0.05) is 49.0 Å². The molecule has 1 heterocycles. The number of amidine groups is 1. The molecular weight excluding hydrogens is 272 g/mol. The van der Waals surface area contributed by atoms with Gasteiger partial charge in [-0.25, -0.2) is 0 Å². The molecule has 0 saturated carbocycles. The Morgan fingerprint density at radius 3 is 2.89 bits per heavy atom. The van der Waals surface area contributed by atoms with Crippen LogP contribution in [0, 0.1) is 0 Å². The molecule has 2 nitrogen and oxygen atoms in total. The molecule has 0 aliphatic carbocycles. The van der Waals surface area contributed by atoms with Crippen LogP contribution in [-0.2, 0) is 6.42 Å². The van der Waals surface area contributed by atoms with Gasteiger partial charge in [-0.2, -0.15) is 11.8 Å². The topological polar surface area (TPSA) is 24.4 Å². The van der Waals surface area contributed by atoms with Crippen molar-refractivity contribution in [1.29, 1.82) is 0 Å². The molecule has 0 amide bonds. The summed E-state index contributed by atoms with van der Waals surface area (Å²) in [4.78, 5) is 4.81. The maximum atomic E-state index is 4.81. The van der Waals surface area contributed by atoms with Crippen LogP contribution >= 0.6 is 23.5 Å². The highest BCUT2D eigenvalue weighted by molar-refractivity contribution is 8.14. The fourth-order valence-corrected chi connectivity index (χ4v) is 3.86. The van der Waals surface area contributed by atoms with Crippen molar-refractivity contribution in [3.8, 4) is 0 Å². The molecule has 2 rings (SSSR count). The van der Waals surface area contributed by atoms with Crippen molar-refractivity contribution < 1.29 is 0 Å². The number of hydrogen-bond donors (Lipinski definition) is 1. The Morgan fingerprint density at radius 2 is 2.21 bits per heavy atom. The number of thioether (sulfide) groups is 2. The summed E-state index contributed by atoms with van der Waals surface area (Å²) in [6, 6.07) is 11.6. The van der Waals surface area contributed by atoms with Crippen LogP contribution in [0.15, 0.2) is 35.3 Å². The van der Waals surface area contributed by atoms with E-state index in [-0.39, 0.29) is 0 Å². The minimum absolute atomic E-state index is 0.432. The normalized spacial score (nSPS) is 20.1. The second kappa shape index (κ2) is 7.85. The Hall–Kier alpha value is -0.610. The number of rotatable bonds is 6. The standard InChI is InChI=1S/C15H22N2S2/c1-3-13(10-18-2)16-15-17-14(11-19-15)9-12-7-5-4-6-8-12/h4-8,13-14H,3,9-11H2,1-2H3,(H,16,17). The Bertz CT molecular complexity index is 406. The Morgan fingerprint density at radius 1 is 1.42 bits per heavy atom. The third kappa shape index (κ3) is 4.77. The molecule has 1 aromatic rings. The smallest absolute Gasteiger partial charge is 0.157 e. The zero-order valence-corrected chi connectivity index (χ0v) is 13.3. The summed E-state index contributed by atoms with van der Waals surface area (Å²) in [5.74, 6) is 2.26. The van der Waals surface area contributed by atoms with Gasteiger partial charge in [-0.3, -0.25) is 4.99 Å². The van der Waals surface area contributed by atoms with Crippen molar-refractivity contribution in [2.75, 3.05) is 17.8 Å². The first kappa shape index (κ1) is 14.8. The zero-order chi connectivity index (χ0) is 13.5. The van der Waals surface area contributed by atoms with Crippen LogP contribution in [0.2, 0.25) is 0 Å². The van der Waals surface area contributed by atoms with Crippen molar-refractivity contribution in [1.82, 2.24) is 5.32 Å². The van der Waals surface area contributed by atoms with Crippen LogP contribution in [-0.4, -0.2) is 35.0 Å². The zero-order valence-electron chi connectivity index (χ0n) is 11.6. The minimum Gasteiger partial charge on any atom is -0.361 e. The summed E-state index contributed by atoms with van der Waals surface area (Å²) in [7, 11) is 0. The van der Waals surface area contributed by atoms with E-state index in [1.54, 1.807) is 0 Å². The maximum Gasteiger partial charge on any atom is 0.157 e. The molecule has 0 radical (unpaired) electrons. The van der Waals surface area contributed by atoms with E-state index in [9.17, 15) is 0 Å². The van der Waals surface area contributed by atoms with E-state index in [1.165, 1.54) is 5.56 Å². The summed E-state index contributed by atoms with van der Waals surface area (Å²) in [5, 5.41) is 4.72. The van der Waals surface area contributed by atoms with E-state index < -0.39 is 0 Å². The predicted octanol–water partition coefficient (Wildman–Crippen LogP) is 3.43. The quantitative estimate of drug-likeness (QED) is 0.870. The van der Waals surface area contributed by atoms with Gasteiger partial charge in [0.25, 0.3) is 0 Å². The molecule has 0 aromatic heterocycles. The molecule has 0 fully saturated rings. The van der Waals surface area contributed by atoms with Gasteiger partial charge in [-0.15, -0.1) is 0 Å². The molecule has 4 heteroatoms. The van der Waals surface area contributed by atoms with Crippen LogP contribution in [0.1, 0.15) is 18.9 Å². The van der Waals surface area contributed by atoms with Gasteiger partial charge in [0.1, 0.15) is 0 Å². The van der Waals surface area contributed by atoms with Crippen molar-refractivity contribution in [2.24, 2.45) is 4.99 Å².